The maximum Gasteiger partial charge on any atom is 0.418 e. The van der Waals surface area contributed by atoms with Crippen LogP contribution in [-0.2, 0) is 6.18 Å². The zero-order chi connectivity index (χ0) is 20.3. The zero-order valence-electron chi connectivity index (χ0n) is 14.7. The Labute approximate surface area is 156 Å². The molecule has 2 aromatic carbocycles. The number of nitrogens with zero attached hydrogens (tertiary/aromatic N) is 4. The number of hydrogen-bond donors (Lipinski definition) is 1. The van der Waals surface area contributed by atoms with E-state index >= 15 is 0 Å². The molecule has 0 bridgehead atoms. The van der Waals surface area contributed by atoms with Gasteiger partial charge in [0.2, 0.25) is 0 Å². The van der Waals surface area contributed by atoms with Gasteiger partial charge in [0, 0.05) is 6.07 Å². The van der Waals surface area contributed by atoms with Crippen LogP contribution in [0.2, 0.25) is 0 Å². The van der Waals surface area contributed by atoms with E-state index in [0.29, 0.717) is 5.75 Å². The Morgan fingerprint density at radius 2 is 1.79 bits per heavy atom. The molecular formula is C17H14F3N5O3. The number of hydrogen-bond acceptors (Lipinski definition) is 6. The second-order valence-corrected chi connectivity index (χ2v) is 5.48. The molecule has 0 atom stereocenters. The Bertz CT molecular complexity index is 990. The summed E-state index contributed by atoms with van der Waals surface area (Å²) < 4.78 is 51.2. The van der Waals surface area contributed by atoms with Crippen LogP contribution in [0.25, 0.3) is 5.69 Å². The summed E-state index contributed by atoms with van der Waals surface area (Å²) in [5, 5.41) is 13.0. The van der Waals surface area contributed by atoms with Crippen molar-refractivity contribution in [1.82, 2.24) is 20.2 Å². The van der Waals surface area contributed by atoms with Crippen LogP contribution in [0.3, 0.4) is 0 Å². The molecule has 28 heavy (non-hydrogen) atoms. The van der Waals surface area contributed by atoms with E-state index < -0.39 is 17.6 Å². The fourth-order valence-corrected chi connectivity index (χ4v) is 2.54. The summed E-state index contributed by atoms with van der Waals surface area (Å²) in [5.41, 5.74) is -1.16. The second-order valence-electron chi connectivity index (χ2n) is 5.48. The van der Waals surface area contributed by atoms with Crippen LogP contribution in [-0.4, -0.2) is 40.3 Å². The third kappa shape index (κ3) is 3.72. The quantitative estimate of drug-likeness (QED) is 0.717. The summed E-state index contributed by atoms with van der Waals surface area (Å²) >= 11 is 0. The highest BCUT2D eigenvalue weighted by Crippen LogP contribution is 2.36. The van der Waals surface area contributed by atoms with Gasteiger partial charge in [-0.1, -0.05) is 12.1 Å². The van der Waals surface area contributed by atoms with Gasteiger partial charge in [0.1, 0.15) is 6.33 Å². The summed E-state index contributed by atoms with van der Waals surface area (Å²) in [6, 6.07) is 7.45. The molecule has 8 nitrogen and oxygen atoms in total. The lowest BCUT2D eigenvalue weighted by atomic mass is 10.1. The van der Waals surface area contributed by atoms with Gasteiger partial charge in [-0.15, -0.1) is 5.10 Å². The number of carbonyl (C=O) groups excluding carboxylic acids is 1. The average Bonchev–Trinajstić information content (AvgIpc) is 3.21. The first kappa shape index (κ1) is 19.1. The monoisotopic (exact) mass is 393 g/mol. The molecule has 146 valence electrons. The summed E-state index contributed by atoms with van der Waals surface area (Å²) in [5.74, 6) is -0.294. The van der Waals surface area contributed by atoms with E-state index in [2.05, 4.69) is 20.8 Å². The molecule has 0 aliphatic carbocycles. The summed E-state index contributed by atoms with van der Waals surface area (Å²) in [6.07, 6.45) is -3.39. The molecule has 0 saturated carbocycles. The predicted octanol–water partition coefficient (Wildman–Crippen LogP) is 2.95. The van der Waals surface area contributed by atoms with Crippen molar-refractivity contribution in [3.8, 4) is 17.2 Å². The molecule has 0 radical (unpaired) electrons. The van der Waals surface area contributed by atoms with E-state index in [-0.39, 0.29) is 22.7 Å². The van der Waals surface area contributed by atoms with Crippen LogP contribution in [0.15, 0.2) is 42.7 Å². The van der Waals surface area contributed by atoms with Gasteiger partial charge >= 0.3 is 6.18 Å². The van der Waals surface area contributed by atoms with Gasteiger partial charge in [0.15, 0.2) is 11.5 Å². The second kappa shape index (κ2) is 7.55. The Balaban J connectivity index is 2.07. The molecule has 1 amide bonds. The first-order valence-corrected chi connectivity index (χ1v) is 7.82. The largest absolute Gasteiger partial charge is 0.493 e. The van der Waals surface area contributed by atoms with Crippen LogP contribution in [0, 0.1) is 0 Å². The number of tetrazole rings is 1. The van der Waals surface area contributed by atoms with Crippen molar-refractivity contribution < 1.29 is 27.4 Å². The minimum Gasteiger partial charge on any atom is -0.493 e. The van der Waals surface area contributed by atoms with Gasteiger partial charge in [0.25, 0.3) is 5.91 Å². The van der Waals surface area contributed by atoms with Gasteiger partial charge < -0.3 is 14.8 Å². The topological polar surface area (TPSA) is 91.2 Å². The van der Waals surface area contributed by atoms with Gasteiger partial charge in [-0.2, -0.15) is 17.9 Å². The smallest absolute Gasteiger partial charge is 0.418 e. The number of carbonyl (C=O) groups is 1. The average molecular weight is 393 g/mol. The highest BCUT2D eigenvalue weighted by atomic mass is 19.4. The standard InChI is InChI=1S/C17H14F3N5O3/c1-27-14-7-10(13(8-15(14)28-2)25-9-21-23-24-25)16(26)22-12-6-4-3-5-11(12)17(18,19)20/h3-9H,1-2H3,(H,22,26). The minimum absolute atomic E-state index is 0.0121. The fraction of sp³-hybridized carbons (Fsp3) is 0.176. The Morgan fingerprint density at radius 1 is 1.11 bits per heavy atom. The number of amides is 1. The summed E-state index contributed by atoms with van der Waals surface area (Å²) in [6.45, 7) is 0. The normalized spacial score (nSPS) is 11.2. The van der Waals surface area contributed by atoms with E-state index in [1.165, 1.54) is 49.5 Å². The van der Waals surface area contributed by atoms with Crippen molar-refractivity contribution in [2.75, 3.05) is 19.5 Å². The first-order valence-electron chi connectivity index (χ1n) is 7.82. The lowest BCUT2D eigenvalue weighted by molar-refractivity contribution is -0.136. The number of benzene rings is 2. The highest BCUT2D eigenvalue weighted by molar-refractivity contribution is 6.07. The Morgan fingerprint density at radius 3 is 2.39 bits per heavy atom. The van der Waals surface area contributed by atoms with Gasteiger partial charge in [-0.3, -0.25) is 4.79 Å². The van der Waals surface area contributed by atoms with Crippen molar-refractivity contribution in [2.45, 2.75) is 6.18 Å². The van der Waals surface area contributed by atoms with E-state index in [1.807, 2.05) is 0 Å². The van der Waals surface area contributed by atoms with Crippen molar-refractivity contribution in [3.63, 3.8) is 0 Å². The number of alkyl halides is 3. The molecule has 0 aliphatic heterocycles. The number of anilines is 1. The first-order chi connectivity index (χ1) is 13.3. The van der Waals surface area contributed by atoms with E-state index in [1.54, 1.807) is 0 Å². The third-order valence-corrected chi connectivity index (χ3v) is 3.82. The van der Waals surface area contributed by atoms with Crippen molar-refractivity contribution in [2.24, 2.45) is 0 Å². The van der Waals surface area contributed by atoms with E-state index in [4.69, 9.17) is 9.47 Å². The van der Waals surface area contributed by atoms with E-state index in [0.717, 1.165) is 12.1 Å². The Kier molecular flexibility index (Phi) is 5.16. The fourth-order valence-electron chi connectivity index (χ4n) is 2.54. The highest BCUT2D eigenvalue weighted by Gasteiger charge is 2.34. The van der Waals surface area contributed by atoms with Crippen molar-refractivity contribution >= 4 is 11.6 Å². The molecule has 1 heterocycles. The molecule has 1 N–H and O–H groups in total. The third-order valence-electron chi connectivity index (χ3n) is 3.82. The molecular weight excluding hydrogens is 379 g/mol. The zero-order valence-corrected chi connectivity index (χ0v) is 14.7. The number of nitrogens with one attached hydrogen (secondary N) is 1. The van der Waals surface area contributed by atoms with Gasteiger partial charge in [-0.25, -0.2) is 0 Å². The van der Waals surface area contributed by atoms with Gasteiger partial charge in [0.05, 0.1) is 36.7 Å². The van der Waals surface area contributed by atoms with Crippen LogP contribution in [0.5, 0.6) is 11.5 Å². The number of para-hydroxylation sites is 1. The molecule has 0 fully saturated rings. The number of methoxy groups -OCH3 is 2. The van der Waals surface area contributed by atoms with Gasteiger partial charge in [-0.05, 0) is 28.6 Å². The van der Waals surface area contributed by atoms with Crippen LogP contribution in [0.4, 0.5) is 18.9 Å². The predicted molar refractivity (Wildman–Crippen MR) is 91.7 cm³/mol. The molecule has 0 spiro atoms. The number of halogens is 3. The summed E-state index contributed by atoms with van der Waals surface area (Å²) in [4.78, 5) is 12.8. The van der Waals surface area contributed by atoms with Crippen LogP contribution in [0.1, 0.15) is 15.9 Å². The van der Waals surface area contributed by atoms with Crippen LogP contribution >= 0.6 is 0 Å². The molecule has 1 aromatic heterocycles. The van der Waals surface area contributed by atoms with Crippen LogP contribution < -0.4 is 14.8 Å². The minimum atomic E-state index is -4.62. The lowest BCUT2D eigenvalue weighted by Gasteiger charge is -2.16. The number of aromatic nitrogens is 4. The molecule has 0 saturated heterocycles. The van der Waals surface area contributed by atoms with Crippen molar-refractivity contribution in [3.05, 3.63) is 53.9 Å². The lowest BCUT2D eigenvalue weighted by Crippen LogP contribution is -2.19. The summed E-state index contributed by atoms with van der Waals surface area (Å²) in [7, 11) is 2.77. The number of ether oxygens (including phenoxy) is 2. The molecule has 3 rings (SSSR count). The SMILES string of the molecule is COc1cc(C(=O)Nc2ccccc2C(F)(F)F)c(-n2cnnn2)cc1OC. The van der Waals surface area contributed by atoms with Crippen molar-refractivity contribution in [1.29, 1.82) is 0 Å². The maximum atomic E-state index is 13.2. The molecule has 0 unspecified atom stereocenters. The Hall–Kier alpha value is -3.63. The van der Waals surface area contributed by atoms with E-state index in [9.17, 15) is 18.0 Å². The number of rotatable bonds is 5. The molecule has 3 aromatic rings. The molecule has 0 aliphatic rings. The molecule has 11 heteroatoms. The maximum absolute atomic E-state index is 13.2.